The van der Waals surface area contributed by atoms with Crippen molar-refractivity contribution in [1.82, 2.24) is 19.5 Å². The number of aromatic nitrogens is 3. The summed E-state index contributed by atoms with van der Waals surface area (Å²) < 4.78 is 11.9. The van der Waals surface area contributed by atoms with Crippen LogP contribution in [0.3, 0.4) is 0 Å². The molecular formula is C28H33ClN8O2. The molecule has 1 N–H and O–H groups in total. The number of ether oxygens (including phenoxy) is 2. The second-order valence-electron chi connectivity index (χ2n) is 8.86. The Morgan fingerprint density at radius 1 is 1.21 bits per heavy atom. The lowest BCUT2D eigenvalue weighted by Gasteiger charge is -2.34. The molecule has 11 heteroatoms. The molecule has 0 unspecified atom stereocenters. The Kier molecular flexibility index (Phi) is 9.45. The molecule has 0 radical (unpaired) electrons. The number of methoxy groups -OCH3 is 1. The summed E-state index contributed by atoms with van der Waals surface area (Å²) in [6.07, 6.45) is 8.87. The van der Waals surface area contributed by atoms with Gasteiger partial charge in [-0.3, -0.25) is 0 Å². The lowest BCUT2D eigenvalue weighted by molar-refractivity contribution is 0.233. The predicted octanol–water partition coefficient (Wildman–Crippen LogP) is 5.98. The third-order valence-corrected chi connectivity index (χ3v) is 6.38. The summed E-state index contributed by atoms with van der Waals surface area (Å²) in [5.74, 6) is 2.76. The van der Waals surface area contributed by atoms with Gasteiger partial charge in [0.15, 0.2) is 11.5 Å². The van der Waals surface area contributed by atoms with E-state index in [-0.39, 0.29) is 0 Å². The van der Waals surface area contributed by atoms with E-state index in [0.29, 0.717) is 33.7 Å². The number of benzene rings is 1. The van der Waals surface area contributed by atoms with Crippen molar-refractivity contribution in [3.8, 4) is 11.5 Å². The molecule has 1 saturated heterocycles. The van der Waals surface area contributed by atoms with Crippen LogP contribution in [0.1, 0.15) is 33.6 Å². The van der Waals surface area contributed by atoms with Gasteiger partial charge >= 0.3 is 0 Å². The Bertz CT molecular complexity index is 1470. The first-order valence-electron chi connectivity index (χ1n) is 12.7. The lowest BCUT2D eigenvalue weighted by Crippen LogP contribution is -2.37. The summed E-state index contributed by atoms with van der Waals surface area (Å²) >= 11 is 6.58. The molecule has 3 aromatic rings. The zero-order valence-electron chi connectivity index (χ0n) is 22.8. The van der Waals surface area contributed by atoms with E-state index in [1.54, 1.807) is 37.1 Å². The van der Waals surface area contributed by atoms with Crippen molar-refractivity contribution in [2.45, 2.75) is 33.6 Å². The highest BCUT2D eigenvalue weighted by Gasteiger charge is 2.23. The maximum absolute atomic E-state index is 6.58. The van der Waals surface area contributed by atoms with Gasteiger partial charge in [0.05, 0.1) is 10.7 Å². The molecule has 2 aromatic heterocycles. The third kappa shape index (κ3) is 6.71. The van der Waals surface area contributed by atoms with E-state index in [0.717, 1.165) is 36.7 Å². The highest BCUT2D eigenvalue weighted by Crippen LogP contribution is 2.32. The molecule has 0 atom stereocenters. The maximum atomic E-state index is 6.58. The van der Waals surface area contributed by atoms with Crippen molar-refractivity contribution in [1.29, 1.82) is 0 Å². The Balaban J connectivity index is 0.00000112. The first kappa shape index (κ1) is 28.0. The van der Waals surface area contributed by atoms with Crippen LogP contribution < -0.4 is 10.1 Å². The van der Waals surface area contributed by atoms with Crippen molar-refractivity contribution < 1.29 is 9.47 Å². The van der Waals surface area contributed by atoms with Gasteiger partial charge < -0.3 is 19.7 Å². The summed E-state index contributed by atoms with van der Waals surface area (Å²) in [5.41, 5.74) is 4.16. The van der Waals surface area contributed by atoms with Gasteiger partial charge in [0.1, 0.15) is 35.7 Å². The largest absolute Gasteiger partial charge is 0.456 e. The van der Waals surface area contributed by atoms with Crippen LogP contribution in [0.4, 0.5) is 5.69 Å². The zero-order chi connectivity index (χ0) is 27.8. The number of nitrogens with zero attached hydrogens (tertiary/aromatic N) is 7. The number of hydrogen-bond donors (Lipinski definition) is 1. The third-order valence-electron chi connectivity index (χ3n) is 6.08. The summed E-state index contributed by atoms with van der Waals surface area (Å²) in [7, 11) is 3.25. The summed E-state index contributed by atoms with van der Waals surface area (Å²) in [5, 5.41) is 7.92. The molecule has 0 amide bonds. The highest BCUT2D eigenvalue weighted by molar-refractivity contribution is 6.53. The average Bonchev–Trinajstić information content (AvgIpc) is 3.37. The minimum Gasteiger partial charge on any atom is -0.456 e. The van der Waals surface area contributed by atoms with Crippen LogP contribution >= 0.6 is 11.6 Å². The van der Waals surface area contributed by atoms with Gasteiger partial charge in [-0.05, 0) is 56.5 Å². The number of likely N-dealkylation sites (tertiary alicyclic amines) is 1. The number of rotatable bonds is 6. The number of hydrogen-bond acceptors (Lipinski definition) is 9. The molecule has 204 valence electrons. The summed E-state index contributed by atoms with van der Waals surface area (Å²) in [6, 6.07) is 9.12. The Labute approximate surface area is 233 Å². The van der Waals surface area contributed by atoms with Gasteiger partial charge in [0.2, 0.25) is 0 Å². The van der Waals surface area contributed by atoms with Crippen LogP contribution in [0.25, 0.3) is 5.65 Å². The molecular weight excluding hydrogens is 516 g/mol. The molecule has 2 aliphatic rings. The highest BCUT2D eigenvalue weighted by atomic mass is 35.5. The summed E-state index contributed by atoms with van der Waals surface area (Å²) in [4.78, 5) is 20.5. The fourth-order valence-electron chi connectivity index (χ4n) is 3.82. The van der Waals surface area contributed by atoms with Crippen LogP contribution in [0, 0.1) is 0 Å². The van der Waals surface area contributed by atoms with Crippen LogP contribution in [0.2, 0.25) is 5.02 Å². The molecule has 0 bridgehead atoms. The topological polar surface area (TPSA) is 101 Å². The van der Waals surface area contributed by atoms with E-state index >= 15 is 0 Å². The summed E-state index contributed by atoms with van der Waals surface area (Å²) in [6.45, 7) is 8.25. The van der Waals surface area contributed by atoms with Crippen molar-refractivity contribution in [3.63, 3.8) is 0 Å². The second kappa shape index (κ2) is 13.2. The zero-order valence-corrected chi connectivity index (χ0v) is 23.6. The molecule has 0 saturated carbocycles. The number of amidine groups is 1. The van der Waals surface area contributed by atoms with E-state index in [4.69, 9.17) is 21.3 Å². The van der Waals surface area contributed by atoms with Crippen molar-refractivity contribution in [3.05, 3.63) is 71.0 Å². The first-order valence-corrected chi connectivity index (χ1v) is 13.1. The molecule has 1 aromatic carbocycles. The van der Waals surface area contributed by atoms with Gasteiger partial charge in [-0.1, -0.05) is 24.6 Å². The Hall–Kier alpha value is -4.02. The van der Waals surface area contributed by atoms with E-state index < -0.39 is 0 Å². The molecule has 2 aliphatic heterocycles. The minimum atomic E-state index is 0.458. The standard InChI is InChI=1S/C26H27ClN8O.C2H6O/c1-4-17(3)26(34-10-6-11-34)33-24-21(5-2)28-15-30-25(24)32-18-7-8-22(20(27)13-18)36-19-9-12-35-23(14-19)29-16-31-35;1-3-2/h5,7-9,12-16H,4,6,10-11H2,1-3H3,(H,28,30,32);1-2H3/b21-5+,26-17-,33-24+;. The van der Waals surface area contributed by atoms with E-state index in [1.165, 1.54) is 24.7 Å². The fraction of sp³-hybridized carbons (Fsp3) is 0.321. The number of allylic oxidation sites excluding steroid dienone is 2. The van der Waals surface area contributed by atoms with Gasteiger partial charge in [-0.25, -0.2) is 24.5 Å². The van der Waals surface area contributed by atoms with Crippen molar-refractivity contribution in [2.24, 2.45) is 15.0 Å². The Morgan fingerprint density at radius 3 is 2.67 bits per heavy atom. The lowest BCUT2D eigenvalue weighted by atomic mass is 10.1. The van der Waals surface area contributed by atoms with Crippen molar-refractivity contribution in [2.75, 3.05) is 32.6 Å². The Morgan fingerprint density at radius 2 is 2.00 bits per heavy atom. The predicted molar refractivity (Wildman–Crippen MR) is 157 cm³/mol. The number of fused-ring (bicyclic) bond motifs is 1. The molecule has 1 fully saturated rings. The molecule has 4 heterocycles. The van der Waals surface area contributed by atoms with Crippen molar-refractivity contribution >= 4 is 40.8 Å². The normalized spacial score (nSPS) is 17.4. The number of pyridine rings is 1. The minimum absolute atomic E-state index is 0.458. The van der Waals surface area contributed by atoms with Crippen LogP contribution in [-0.2, 0) is 4.74 Å². The number of anilines is 1. The average molecular weight is 549 g/mol. The van der Waals surface area contributed by atoms with E-state index in [2.05, 4.69) is 48.9 Å². The molecule has 5 rings (SSSR count). The second-order valence-corrected chi connectivity index (χ2v) is 9.27. The van der Waals surface area contributed by atoms with Gasteiger partial charge in [-0.15, -0.1) is 0 Å². The van der Waals surface area contributed by atoms with Gasteiger partial charge in [0, 0.05) is 45.3 Å². The van der Waals surface area contributed by atoms with E-state index in [9.17, 15) is 0 Å². The molecule has 0 aliphatic carbocycles. The van der Waals surface area contributed by atoms with Crippen LogP contribution in [0.15, 0.2) is 81.0 Å². The van der Waals surface area contributed by atoms with Crippen LogP contribution in [0.5, 0.6) is 11.5 Å². The number of aliphatic imine (C=N–C) groups is 3. The first-order chi connectivity index (χ1) is 19.0. The molecule has 39 heavy (non-hydrogen) atoms. The van der Waals surface area contributed by atoms with Crippen LogP contribution in [-0.4, -0.2) is 64.7 Å². The molecule has 10 nitrogen and oxygen atoms in total. The number of halogens is 1. The van der Waals surface area contributed by atoms with E-state index in [1.807, 2.05) is 31.2 Å². The number of nitrogens with one attached hydrogen (secondary N) is 1. The fourth-order valence-corrected chi connectivity index (χ4v) is 4.04. The smallest absolute Gasteiger partial charge is 0.160 e. The quantitative estimate of drug-likeness (QED) is 0.406. The molecule has 0 spiro atoms. The van der Waals surface area contributed by atoms with Gasteiger partial charge in [0.25, 0.3) is 0 Å². The maximum Gasteiger partial charge on any atom is 0.160 e. The SMILES string of the molecule is C/C=C1/N=CN=C(Nc2ccc(Oc3ccn4ncnc4c3)c(Cl)c2)/C1=N/C(=C(\C)CC)N1CCC1.COC. The monoisotopic (exact) mass is 548 g/mol. The van der Waals surface area contributed by atoms with Gasteiger partial charge in [-0.2, -0.15) is 5.10 Å².